The van der Waals surface area contributed by atoms with Crippen LogP contribution in [0.1, 0.15) is 17.9 Å². The maximum atomic E-state index is 9.92. The van der Waals surface area contributed by atoms with E-state index in [0.717, 1.165) is 6.42 Å². The van der Waals surface area contributed by atoms with Crippen molar-refractivity contribution in [2.75, 3.05) is 0 Å². The first-order valence-electron chi connectivity index (χ1n) is 3.88. The lowest BCUT2D eigenvalue weighted by atomic mass is 10.2. The number of pyridine rings is 1. The zero-order chi connectivity index (χ0) is 8.39. The van der Waals surface area contributed by atoms with Crippen LogP contribution in [-0.2, 0) is 4.79 Å². The number of rotatable bonds is 2. The molecule has 0 N–H and O–H groups in total. The third kappa shape index (κ3) is 1.27. The van der Waals surface area contributed by atoms with Crippen LogP contribution in [0.5, 0.6) is 0 Å². The minimum Gasteiger partial charge on any atom is -0.264 e. The Hall–Kier alpha value is -1.47. The Bertz CT molecular complexity index is 317. The molecule has 2 rings (SSSR count). The van der Waals surface area contributed by atoms with Gasteiger partial charge in [-0.2, -0.15) is 0 Å². The average Bonchev–Trinajstić information content (AvgIpc) is 2.87. The van der Waals surface area contributed by atoms with E-state index in [1.807, 2.05) is 18.3 Å². The van der Waals surface area contributed by atoms with E-state index in [4.69, 9.17) is 0 Å². The molecule has 12 heavy (non-hydrogen) atoms. The smallest absolute Gasteiger partial charge is 0.235 e. The molecule has 1 aliphatic rings. The van der Waals surface area contributed by atoms with Gasteiger partial charge in [-0.1, -0.05) is 6.07 Å². The third-order valence-electron chi connectivity index (χ3n) is 2.09. The summed E-state index contributed by atoms with van der Waals surface area (Å²) in [6.07, 6.45) is 6.11. The van der Waals surface area contributed by atoms with E-state index in [9.17, 15) is 4.79 Å². The van der Waals surface area contributed by atoms with Crippen LogP contribution in [0.3, 0.4) is 0 Å². The molecule has 1 fully saturated rings. The Balaban J connectivity index is 2.11. The average molecular weight is 160 g/mol. The summed E-state index contributed by atoms with van der Waals surface area (Å²) in [4.78, 5) is 17.6. The monoisotopic (exact) mass is 160 g/mol. The fourth-order valence-electron chi connectivity index (χ4n) is 1.35. The lowest BCUT2D eigenvalue weighted by molar-refractivity contribution is 0.562. The van der Waals surface area contributed by atoms with Crippen LogP contribution < -0.4 is 0 Å². The van der Waals surface area contributed by atoms with Crippen LogP contribution in [0.4, 0.5) is 0 Å². The number of carbonyl (C=O) groups excluding carboxylic acids is 1. The highest BCUT2D eigenvalue weighted by Gasteiger charge is 2.38. The van der Waals surface area contributed by atoms with Crippen LogP contribution in [0.2, 0.25) is 0 Å². The van der Waals surface area contributed by atoms with E-state index >= 15 is 0 Å². The highest BCUT2D eigenvalue weighted by molar-refractivity contribution is 5.37. The Morgan fingerprint density at radius 2 is 2.58 bits per heavy atom. The molecule has 1 aromatic heterocycles. The first-order valence-corrected chi connectivity index (χ1v) is 3.88. The minimum absolute atomic E-state index is 0.159. The lowest BCUT2D eigenvalue weighted by Gasteiger charge is -1.93. The second kappa shape index (κ2) is 2.88. The SMILES string of the molecule is O=C=NC1CC1c1cccnc1. The normalized spacial score (nSPS) is 26.0. The van der Waals surface area contributed by atoms with Gasteiger partial charge in [0.15, 0.2) is 0 Å². The standard InChI is InChI=1S/C9H8N2O/c12-6-11-9-4-8(9)7-2-1-3-10-5-7/h1-3,5,8-9H,4H2. The summed E-state index contributed by atoms with van der Waals surface area (Å²) in [6.45, 7) is 0. The molecule has 0 aromatic carbocycles. The zero-order valence-electron chi connectivity index (χ0n) is 6.47. The van der Waals surface area contributed by atoms with Gasteiger partial charge in [0.05, 0.1) is 6.04 Å². The van der Waals surface area contributed by atoms with Gasteiger partial charge in [0, 0.05) is 18.3 Å². The molecular formula is C9H8N2O. The summed E-state index contributed by atoms with van der Waals surface area (Å²) in [5, 5.41) is 0. The highest BCUT2D eigenvalue weighted by atomic mass is 16.1. The summed E-state index contributed by atoms with van der Waals surface area (Å²) in [7, 11) is 0. The van der Waals surface area contributed by atoms with Gasteiger partial charge in [0.25, 0.3) is 0 Å². The summed E-state index contributed by atoms with van der Waals surface area (Å²) < 4.78 is 0. The van der Waals surface area contributed by atoms with Crippen LogP contribution in [0, 0.1) is 0 Å². The van der Waals surface area contributed by atoms with Gasteiger partial charge in [-0.15, -0.1) is 0 Å². The number of nitrogens with zero attached hydrogens (tertiary/aromatic N) is 2. The lowest BCUT2D eigenvalue weighted by Crippen LogP contribution is -1.84. The minimum atomic E-state index is 0.159. The zero-order valence-corrected chi connectivity index (χ0v) is 6.47. The van der Waals surface area contributed by atoms with Crippen molar-refractivity contribution < 1.29 is 4.79 Å². The summed E-state index contributed by atoms with van der Waals surface area (Å²) in [5.41, 5.74) is 1.17. The Morgan fingerprint density at radius 3 is 3.25 bits per heavy atom. The molecule has 1 saturated carbocycles. The van der Waals surface area contributed by atoms with Crippen molar-refractivity contribution in [2.45, 2.75) is 18.4 Å². The van der Waals surface area contributed by atoms with Gasteiger partial charge in [0.2, 0.25) is 6.08 Å². The molecule has 0 radical (unpaired) electrons. The molecule has 0 amide bonds. The van der Waals surface area contributed by atoms with E-state index in [-0.39, 0.29) is 6.04 Å². The summed E-state index contributed by atoms with van der Waals surface area (Å²) >= 11 is 0. The predicted octanol–water partition coefficient (Wildman–Crippen LogP) is 1.27. The van der Waals surface area contributed by atoms with Crippen LogP contribution in [0.15, 0.2) is 29.5 Å². The maximum Gasteiger partial charge on any atom is 0.235 e. The molecule has 1 heterocycles. The molecular weight excluding hydrogens is 152 g/mol. The Morgan fingerprint density at radius 1 is 1.67 bits per heavy atom. The fraction of sp³-hybridized carbons (Fsp3) is 0.333. The van der Waals surface area contributed by atoms with Crippen molar-refractivity contribution in [3.8, 4) is 0 Å². The Labute approximate surface area is 70.2 Å². The van der Waals surface area contributed by atoms with Crippen molar-refractivity contribution in [2.24, 2.45) is 4.99 Å². The van der Waals surface area contributed by atoms with Crippen LogP contribution in [-0.4, -0.2) is 17.1 Å². The molecule has 0 saturated heterocycles. The second-order valence-corrected chi connectivity index (χ2v) is 2.92. The fourth-order valence-corrected chi connectivity index (χ4v) is 1.35. The molecule has 2 atom stereocenters. The molecule has 3 nitrogen and oxygen atoms in total. The van der Waals surface area contributed by atoms with Gasteiger partial charge in [-0.05, 0) is 18.1 Å². The summed E-state index contributed by atoms with van der Waals surface area (Å²) in [6, 6.07) is 4.07. The van der Waals surface area contributed by atoms with Gasteiger partial charge >= 0.3 is 0 Å². The van der Waals surface area contributed by atoms with Crippen LogP contribution >= 0.6 is 0 Å². The molecule has 1 aliphatic carbocycles. The molecule has 0 bridgehead atoms. The predicted molar refractivity (Wildman–Crippen MR) is 43.5 cm³/mol. The van der Waals surface area contributed by atoms with E-state index in [1.165, 1.54) is 5.56 Å². The number of isocyanates is 1. The maximum absolute atomic E-state index is 9.92. The summed E-state index contributed by atoms with van der Waals surface area (Å²) in [5.74, 6) is 0.403. The third-order valence-corrected chi connectivity index (χ3v) is 2.09. The number of aliphatic imine (C=N–C) groups is 1. The van der Waals surface area contributed by atoms with Gasteiger partial charge < -0.3 is 0 Å². The molecule has 0 spiro atoms. The molecule has 2 unspecified atom stereocenters. The van der Waals surface area contributed by atoms with Gasteiger partial charge in [-0.25, -0.2) is 9.79 Å². The number of hydrogen-bond donors (Lipinski definition) is 0. The van der Waals surface area contributed by atoms with Crippen molar-refractivity contribution in [1.29, 1.82) is 0 Å². The van der Waals surface area contributed by atoms with E-state index in [1.54, 1.807) is 12.3 Å². The molecule has 3 heteroatoms. The van der Waals surface area contributed by atoms with E-state index in [2.05, 4.69) is 9.98 Å². The van der Waals surface area contributed by atoms with E-state index in [0.29, 0.717) is 5.92 Å². The molecule has 60 valence electrons. The second-order valence-electron chi connectivity index (χ2n) is 2.92. The number of aromatic nitrogens is 1. The topological polar surface area (TPSA) is 42.3 Å². The van der Waals surface area contributed by atoms with Crippen molar-refractivity contribution in [3.05, 3.63) is 30.1 Å². The first-order chi connectivity index (χ1) is 5.92. The van der Waals surface area contributed by atoms with Gasteiger partial charge in [0.1, 0.15) is 0 Å². The van der Waals surface area contributed by atoms with Crippen LogP contribution in [0.25, 0.3) is 0 Å². The van der Waals surface area contributed by atoms with Gasteiger partial charge in [-0.3, -0.25) is 4.98 Å². The van der Waals surface area contributed by atoms with Crippen molar-refractivity contribution in [3.63, 3.8) is 0 Å². The van der Waals surface area contributed by atoms with Crippen molar-refractivity contribution in [1.82, 2.24) is 4.98 Å². The molecule has 1 aromatic rings. The Kier molecular flexibility index (Phi) is 1.72. The number of hydrogen-bond acceptors (Lipinski definition) is 3. The van der Waals surface area contributed by atoms with E-state index < -0.39 is 0 Å². The molecule has 0 aliphatic heterocycles. The van der Waals surface area contributed by atoms with Crippen molar-refractivity contribution >= 4 is 6.08 Å². The highest BCUT2D eigenvalue weighted by Crippen LogP contribution is 2.42. The quantitative estimate of drug-likeness (QED) is 0.483. The largest absolute Gasteiger partial charge is 0.264 e. The first kappa shape index (κ1) is 7.19.